The first-order valence-corrected chi connectivity index (χ1v) is 9.28. The summed E-state index contributed by atoms with van der Waals surface area (Å²) in [7, 11) is 0. The number of phenols is 1. The Morgan fingerprint density at radius 3 is 2.69 bits per heavy atom. The van der Waals surface area contributed by atoms with E-state index in [1.165, 1.54) is 11.8 Å². The molecular formula is C17H15ClN4O3S. The lowest BCUT2D eigenvalue weighted by molar-refractivity contribution is -0.0565. The molecule has 0 aliphatic carbocycles. The van der Waals surface area contributed by atoms with Crippen LogP contribution in [-0.2, 0) is 9.47 Å². The normalized spacial score (nSPS) is 19.7. The summed E-state index contributed by atoms with van der Waals surface area (Å²) in [6.07, 6.45) is -0.448. The third-order valence-corrected chi connectivity index (χ3v) is 5.13. The quantitative estimate of drug-likeness (QED) is 0.669. The van der Waals surface area contributed by atoms with Gasteiger partial charge in [0.25, 0.3) is 0 Å². The van der Waals surface area contributed by atoms with Crippen molar-refractivity contribution in [1.82, 2.24) is 20.2 Å². The summed E-state index contributed by atoms with van der Waals surface area (Å²) in [4.78, 5) is 0. The van der Waals surface area contributed by atoms with Gasteiger partial charge >= 0.3 is 0 Å². The van der Waals surface area contributed by atoms with Crippen LogP contribution >= 0.6 is 23.4 Å². The number of halogens is 1. The van der Waals surface area contributed by atoms with Crippen LogP contribution in [0, 0.1) is 0 Å². The van der Waals surface area contributed by atoms with E-state index in [2.05, 4.69) is 15.5 Å². The Hall–Kier alpha value is -2.13. The van der Waals surface area contributed by atoms with Crippen molar-refractivity contribution in [3.8, 4) is 11.4 Å². The van der Waals surface area contributed by atoms with Gasteiger partial charge in [-0.05, 0) is 46.8 Å². The molecule has 134 valence electrons. The highest BCUT2D eigenvalue weighted by molar-refractivity contribution is 7.99. The van der Waals surface area contributed by atoms with E-state index in [4.69, 9.17) is 21.1 Å². The van der Waals surface area contributed by atoms with Crippen LogP contribution in [0.15, 0.2) is 53.7 Å². The fraction of sp³-hybridized carbons (Fsp3) is 0.235. The van der Waals surface area contributed by atoms with Crippen LogP contribution in [0.1, 0.15) is 11.9 Å². The molecule has 7 nitrogen and oxygen atoms in total. The number of hydrogen-bond donors (Lipinski definition) is 1. The van der Waals surface area contributed by atoms with E-state index in [1.54, 1.807) is 28.9 Å². The largest absolute Gasteiger partial charge is 0.508 e. The number of phenolic OH excluding ortho intramolecular Hbond substituents is 1. The van der Waals surface area contributed by atoms with Crippen LogP contribution in [0.3, 0.4) is 0 Å². The van der Waals surface area contributed by atoms with Crippen molar-refractivity contribution in [1.29, 1.82) is 0 Å². The number of thioether (sulfide) groups is 1. The average Bonchev–Trinajstić information content (AvgIpc) is 3.30. The van der Waals surface area contributed by atoms with Gasteiger partial charge in [0.2, 0.25) is 5.16 Å². The summed E-state index contributed by atoms with van der Waals surface area (Å²) in [5.41, 5.74) is 1.72. The summed E-state index contributed by atoms with van der Waals surface area (Å²) in [6, 6.07) is 14.1. The van der Waals surface area contributed by atoms with Crippen LogP contribution in [0.2, 0.25) is 5.02 Å². The molecule has 1 aliphatic rings. The highest BCUT2D eigenvalue weighted by Crippen LogP contribution is 2.30. The third kappa shape index (κ3) is 3.83. The molecule has 1 N–H and O–H groups in total. The highest BCUT2D eigenvalue weighted by atomic mass is 35.5. The molecule has 4 rings (SSSR count). The van der Waals surface area contributed by atoms with Crippen LogP contribution in [-0.4, -0.2) is 43.8 Å². The number of benzene rings is 2. The molecule has 0 radical (unpaired) electrons. The van der Waals surface area contributed by atoms with Crippen molar-refractivity contribution >= 4 is 23.4 Å². The van der Waals surface area contributed by atoms with Crippen LogP contribution < -0.4 is 0 Å². The number of hydrogen-bond acceptors (Lipinski definition) is 7. The molecule has 9 heteroatoms. The SMILES string of the molecule is Oc1ccc(-n2nnnc2SC[C@@H]2CO[C@@H](c3ccc(Cl)cc3)O2)cc1. The predicted octanol–water partition coefficient (Wildman–Crippen LogP) is 3.23. The number of aromatic hydroxyl groups is 1. The van der Waals surface area contributed by atoms with Crippen molar-refractivity contribution in [3.63, 3.8) is 0 Å². The average molecular weight is 391 g/mol. The summed E-state index contributed by atoms with van der Waals surface area (Å²) in [5.74, 6) is 0.850. The van der Waals surface area contributed by atoms with E-state index in [0.717, 1.165) is 11.3 Å². The molecular weight excluding hydrogens is 376 g/mol. The fourth-order valence-electron chi connectivity index (χ4n) is 2.52. The van der Waals surface area contributed by atoms with Gasteiger partial charge in [-0.15, -0.1) is 5.10 Å². The molecule has 2 atom stereocenters. The van der Waals surface area contributed by atoms with E-state index in [-0.39, 0.29) is 18.1 Å². The first-order chi connectivity index (χ1) is 12.7. The maximum atomic E-state index is 9.40. The van der Waals surface area contributed by atoms with Gasteiger partial charge in [0.1, 0.15) is 5.75 Å². The maximum Gasteiger partial charge on any atom is 0.214 e. The minimum absolute atomic E-state index is 0.0642. The molecule has 1 aliphatic heterocycles. The van der Waals surface area contributed by atoms with Crippen molar-refractivity contribution < 1.29 is 14.6 Å². The molecule has 0 unspecified atom stereocenters. The molecule has 3 aromatic rings. The number of rotatable bonds is 5. The van der Waals surface area contributed by atoms with E-state index < -0.39 is 0 Å². The summed E-state index contributed by atoms with van der Waals surface area (Å²) >= 11 is 7.40. The minimum atomic E-state index is -0.383. The van der Waals surface area contributed by atoms with Crippen molar-refractivity contribution in [2.45, 2.75) is 17.6 Å². The topological polar surface area (TPSA) is 82.3 Å². The molecule has 1 aromatic heterocycles. The molecule has 2 heterocycles. The van der Waals surface area contributed by atoms with Gasteiger partial charge in [0.15, 0.2) is 6.29 Å². The fourth-order valence-corrected chi connectivity index (χ4v) is 3.52. The Kier molecular flexibility index (Phi) is 5.07. The zero-order valence-electron chi connectivity index (χ0n) is 13.5. The molecule has 1 fully saturated rings. The molecule has 2 aromatic carbocycles. The first kappa shape index (κ1) is 17.3. The summed E-state index contributed by atoms with van der Waals surface area (Å²) < 4.78 is 13.3. The Labute approximate surface area is 158 Å². The predicted molar refractivity (Wildman–Crippen MR) is 96.6 cm³/mol. The van der Waals surface area contributed by atoms with E-state index in [1.807, 2.05) is 24.3 Å². The Balaban J connectivity index is 1.37. The van der Waals surface area contributed by atoms with Gasteiger partial charge in [0.05, 0.1) is 18.4 Å². The van der Waals surface area contributed by atoms with Crippen LogP contribution in [0.25, 0.3) is 5.69 Å². The van der Waals surface area contributed by atoms with Crippen LogP contribution in [0.4, 0.5) is 0 Å². The second-order valence-corrected chi connectivity index (χ2v) is 7.10. The van der Waals surface area contributed by atoms with Crippen LogP contribution in [0.5, 0.6) is 5.75 Å². The number of aromatic nitrogens is 4. The van der Waals surface area contributed by atoms with E-state index in [9.17, 15) is 5.11 Å². The second-order valence-electron chi connectivity index (χ2n) is 5.68. The molecule has 26 heavy (non-hydrogen) atoms. The minimum Gasteiger partial charge on any atom is -0.508 e. The van der Waals surface area contributed by atoms with Gasteiger partial charge in [0, 0.05) is 16.3 Å². The first-order valence-electron chi connectivity index (χ1n) is 7.92. The smallest absolute Gasteiger partial charge is 0.214 e. The van der Waals surface area contributed by atoms with Crippen molar-refractivity contribution in [3.05, 3.63) is 59.1 Å². The molecule has 1 saturated heterocycles. The lowest BCUT2D eigenvalue weighted by atomic mass is 10.2. The van der Waals surface area contributed by atoms with Gasteiger partial charge in [-0.1, -0.05) is 35.5 Å². The van der Waals surface area contributed by atoms with Gasteiger partial charge in [-0.2, -0.15) is 4.68 Å². The van der Waals surface area contributed by atoms with Gasteiger partial charge in [-0.25, -0.2) is 0 Å². The van der Waals surface area contributed by atoms with Gasteiger partial charge < -0.3 is 14.6 Å². The molecule has 0 bridgehead atoms. The summed E-state index contributed by atoms with van der Waals surface area (Å²) in [5, 5.41) is 22.5. The van der Waals surface area contributed by atoms with E-state index in [0.29, 0.717) is 22.5 Å². The monoisotopic (exact) mass is 390 g/mol. The lowest BCUT2D eigenvalue weighted by Crippen LogP contribution is -2.13. The highest BCUT2D eigenvalue weighted by Gasteiger charge is 2.28. The second kappa shape index (κ2) is 7.63. The third-order valence-electron chi connectivity index (χ3n) is 3.83. The standard InChI is InChI=1S/C17H15ClN4O3S/c18-12-3-1-11(2-4-12)16-24-9-15(25-16)10-26-17-19-20-21-22(17)13-5-7-14(23)8-6-13/h1-8,15-16,23H,9-10H2/t15-,16+/m0/s1. The maximum absolute atomic E-state index is 9.40. The number of ether oxygens (including phenoxy) is 2. The Morgan fingerprint density at radius 2 is 1.92 bits per heavy atom. The molecule has 0 amide bonds. The Morgan fingerprint density at radius 1 is 1.15 bits per heavy atom. The Bertz CT molecular complexity index is 872. The van der Waals surface area contributed by atoms with Crippen molar-refractivity contribution in [2.75, 3.05) is 12.4 Å². The van der Waals surface area contributed by atoms with Crippen molar-refractivity contribution in [2.24, 2.45) is 0 Å². The number of nitrogens with zero attached hydrogens (tertiary/aromatic N) is 4. The molecule has 0 saturated carbocycles. The van der Waals surface area contributed by atoms with E-state index >= 15 is 0 Å². The lowest BCUT2D eigenvalue weighted by Gasteiger charge is -2.11. The molecule has 0 spiro atoms. The van der Waals surface area contributed by atoms with Gasteiger partial charge in [-0.3, -0.25) is 0 Å². The number of tetrazole rings is 1. The summed E-state index contributed by atoms with van der Waals surface area (Å²) in [6.45, 7) is 0.501. The zero-order valence-corrected chi connectivity index (χ0v) is 15.1. The zero-order chi connectivity index (χ0) is 17.9.